The van der Waals surface area contributed by atoms with Crippen molar-refractivity contribution in [1.29, 1.82) is 10.5 Å². The van der Waals surface area contributed by atoms with Gasteiger partial charge in [-0.2, -0.15) is 10.5 Å². The van der Waals surface area contributed by atoms with E-state index in [0.717, 1.165) is 34.3 Å². The highest BCUT2D eigenvalue weighted by Gasteiger charge is 2.24. The monoisotopic (exact) mass is 268 g/mol. The fraction of sp³-hybridized carbons (Fsp3) is 0.0526. The molecule has 1 aliphatic rings. The van der Waals surface area contributed by atoms with Crippen molar-refractivity contribution in [2.24, 2.45) is 0 Å². The number of nitrogens with zero attached hydrogens (tertiary/aromatic N) is 2. The molecule has 0 N–H and O–H groups in total. The molecule has 3 rings (SSSR count). The predicted octanol–water partition coefficient (Wildman–Crippen LogP) is 4.13. The molecular weight excluding hydrogens is 256 g/mol. The van der Waals surface area contributed by atoms with Gasteiger partial charge in [0.15, 0.2) is 0 Å². The summed E-state index contributed by atoms with van der Waals surface area (Å²) in [6, 6.07) is 22.0. The molecule has 0 aliphatic heterocycles. The maximum absolute atomic E-state index is 9.24. The lowest BCUT2D eigenvalue weighted by Crippen LogP contribution is -1.87. The Morgan fingerprint density at radius 2 is 1.57 bits per heavy atom. The van der Waals surface area contributed by atoms with E-state index < -0.39 is 0 Å². The van der Waals surface area contributed by atoms with E-state index in [0.29, 0.717) is 0 Å². The molecule has 2 aromatic carbocycles. The van der Waals surface area contributed by atoms with Gasteiger partial charge in [0.25, 0.3) is 0 Å². The highest BCUT2D eigenvalue weighted by Crippen LogP contribution is 2.39. The Balaban J connectivity index is 2.20. The fourth-order valence-corrected chi connectivity index (χ4v) is 2.69. The molecule has 0 atom stereocenters. The van der Waals surface area contributed by atoms with E-state index in [-0.39, 0.29) is 5.57 Å². The van der Waals surface area contributed by atoms with Crippen LogP contribution in [0.4, 0.5) is 0 Å². The third-order valence-electron chi connectivity index (χ3n) is 3.60. The second-order valence-electron chi connectivity index (χ2n) is 4.89. The number of nitriles is 2. The van der Waals surface area contributed by atoms with Crippen molar-refractivity contribution >= 4 is 11.6 Å². The minimum Gasteiger partial charge on any atom is -0.192 e. The molecule has 0 unspecified atom stereocenters. The summed E-state index contributed by atoms with van der Waals surface area (Å²) in [7, 11) is 0. The molecule has 0 bridgehead atoms. The van der Waals surface area contributed by atoms with Gasteiger partial charge in [0.05, 0.1) is 0 Å². The van der Waals surface area contributed by atoms with Crippen LogP contribution in [0.1, 0.15) is 16.7 Å². The molecule has 2 nitrogen and oxygen atoms in total. The van der Waals surface area contributed by atoms with Gasteiger partial charge in [0, 0.05) is 5.57 Å². The average Bonchev–Trinajstić information content (AvgIpc) is 2.88. The van der Waals surface area contributed by atoms with Gasteiger partial charge in [-0.05, 0) is 28.7 Å². The summed E-state index contributed by atoms with van der Waals surface area (Å²) >= 11 is 0. The lowest BCUT2D eigenvalue weighted by molar-refractivity contribution is 1.28. The maximum atomic E-state index is 9.24. The van der Waals surface area contributed by atoms with Crippen molar-refractivity contribution in [3.63, 3.8) is 0 Å². The molecule has 0 heterocycles. The molecular formula is C19H12N2. The summed E-state index contributed by atoms with van der Waals surface area (Å²) in [4.78, 5) is 0. The molecule has 0 saturated carbocycles. The molecule has 2 aromatic rings. The van der Waals surface area contributed by atoms with Gasteiger partial charge in [-0.3, -0.25) is 0 Å². The van der Waals surface area contributed by atoms with Crippen LogP contribution in [0.15, 0.2) is 65.7 Å². The van der Waals surface area contributed by atoms with E-state index in [1.54, 1.807) is 0 Å². The lowest BCUT2D eigenvalue weighted by atomic mass is 9.98. The quantitative estimate of drug-likeness (QED) is 0.730. The van der Waals surface area contributed by atoms with Crippen LogP contribution < -0.4 is 0 Å². The largest absolute Gasteiger partial charge is 0.192 e. The van der Waals surface area contributed by atoms with Crippen molar-refractivity contribution in [1.82, 2.24) is 0 Å². The molecule has 0 amide bonds. The van der Waals surface area contributed by atoms with Crippen molar-refractivity contribution < 1.29 is 0 Å². The lowest BCUT2D eigenvalue weighted by Gasteiger charge is -2.03. The Morgan fingerprint density at radius 3 is 2.29 bits per heavy atom. The molecule has 0 spiro atoms. The molecule has 98 valence electrons. The second-order valence-corrected chi connectivity index (χ2v) is 4.89. The van der Waals surface area contributed by atoms with Crippen LogP contribution in [0, 0.1) is 22.7 Å². The van der Waals surface area contributed by atoms with Gasteiger partial charge in [-0.15, -0.1) is 0 Å². The Morgan fingerprint density at radius 1 is 0.905 bits per heavy atom. The third-order valence-corrected chi connectivity index (χ3v) is 3.60. The zero-order chi connectivity index (χ0) is 14.7. The minimum absolute atomic E-state index is 0.183. The predicted molar refractivity (Wildman–Crippen MR) is 82.7 cm³/mol. The minimum atomic E-state index is 0.183. The zero-order valence-corrected chi connectivity index (χ0v) is 11.4. The van der Waals surface area contributed by atoms with E-state index in [2.05, 4.69) is 6.08 Å². The van der Waals surface area contributed by atoms with Crippen molar-refractivity contribution in [2.75, 3.05) is 0 Å². The standard InChI is InChI=1S/C19H12N2/c20-12-17(13-21)19-16(10-14-6-2-1-3-7-14)11-15-8-4-5-9-18(15)19/h1-10H,11H2/b16-10+. The summed E-state index contributed by atoms with van der Waals surface area (Å²) in [5.74, 6) is 0. The topological polar surface area (TPSA) is 47.6 Å². The summed E-state index contributed by atoms with van der Waals surface area (Å²) in [6.45, 7) is 0. The van der Waals surface area contributed by atoms with Crippen molar-refractivity contribution in [3.8, 4) is 12.1 Å². The van der Waals surface area contributed by atoms with Gasteiger partial charge < -0.3 is 0 Å². The highest BCUT2D eigenvalue weighted by molar-refractivity contribution is 5.94. The number of rotatable bonds is 1. The molecule has 0 saturated heterocycles. The first-order chi connectivity index (χ1) is 10.3. The van der Waals surface area contributed by atoms with Gasteiger partial charge in [0.2, 0.25) is 0 Å². The molecule has 1 aliphatic carbocycles. The van der Waals surface area contributed by atoms with Crippen molar-refractivity contribution in [3.05, 3.63) is 82.4 Å². The van der Waals surface area contributed by atoms with Crippen LogP contribution in [-0.2, 0) is 6.42 Å². The number of allylic oxidation sites excluding steroid dienone is 3. The van der Waals surface area contributed by atoms with Crippen molar-refractivity contribution in [2.45, 2.75) is 6.42 Å². The second kappa shape index (κ2) is 5.49. The van der Waals surface area contributed by atoms with Gasteiger partial charge in [-0.25, -0.2) is 0 Å². The molecule has 0 fully saturated rings. The van der Waals surface area contributed by atoms with E-state index in [4.69, 9.17) is 0 Å². The molecule has 2 heteroatoms. The molecule has 0 aromatic heterocycles. The summed E-state index contributed by atoms with van der Waals surface area (Å²) in [5.41, 5.74) is 5.23. The van der Waals surface area contributed by atoms with Crippen LogP contribution in [0.25, 0.3) is 11.6 Å². The first-order valence-corrected chi connectivity index (χ1v) is 6.72. The van der Waals surface area contributed by atoms with Crippen LogP contribution in [0.5, 0.6) is 0 Å². The Bertz CT molecular complexity index is 812. The van der Waals surface area contributed by atoms with Crippen LogP contribution >= 0.6 is 0 Å². The number of fused-ring (bicyclic) bond motifs is 1. The summed E-state index contributed by atoms with van der Waals surface area (Å²) < 4.78 is 0. The van der Waals surface area contributed by atoms with Crippen LogP contribution in [0.3, 0.4) is 0 Å². The number of benzene rings is 2. The maximum Gasteiger partial charge on any atom is 0.137 e. The van der Waals surface area contributed by atoms with Crippen LogP contribution in [0.2, 0.25) is 0 Å². The Hall–Kier alpha value is -3.10. The van der Waals surface area contributed by atoms with Gasteiger partial charge in [0.1, 0.15) is 17.7 Å². The first-order valence-electron chi connectivity index (χ1n) is 6.72. The number of hydrogen-bond donors (Lipinski definition) is 0. The van der Waals surface area contributed by atoms with E-state index in [9.17, 15) is 10.5 Å². The molecule has 21 heavy (non-hydrogen) atoms. The van der Waals surface area contributed by atoms with Gasteiger partial charge in [-0.1, -0.05) is 60.7 Å². The van der Waals surface area contributed by atoms with E-state index in [1.165, 1.54) is 0 Å². The summed E-state index contributed by atoms with van der Waals surface area (Å²) in [5, 5.41) is 18.5. The van der Waals surface area contributed by atoms with E-state index >= 15 is 0 Å². The first kappa shape index (κ1) is 12.9. The fourth-order valence-electron chi connectivity index (χ4n) is 2.69. The van der Waals surface area contributed by atoms with Crippen LogP contribution in [-0.4, -0.2) is 0 Å². The number of hydrogen-bond acceptors (Lipinski definition) is 2. The third kappa shape index (κ3) is 2.36. The smallest absolute Gasteiger partial charge is 0.137 e. The highest BCUT2D eigenvalue weighted by atomic mass is 14.3. The average molecular weight is 268 g/mol. The van der Waals surface area contributed by atoms with E-state index in [1.807, 2.05) is 66.7 Å². The Labute approximate surface area is 123 Å². The SMILES string of the molecule is N#CC(C#N)=C1/C(=C/c2ccccc2)Cc2ccccc21. The zero-order valence-electron chi connectivity index (χ0n) is 11.4. The Kier molecular flexibility index (Phi) is 3.37. The summed E-state index contributed by atoms with van der Waals surface area (Å²) in [6.07, 6.45) is 2.82. The van der Waals surface area contributed by atoms with Gasteiger partial charge >= 0.3 is 0 Å². The molecule has 0 radical (unpaired) electrons. The normalized spacial score (nSPS) is 14.4.